The highest BCUT2D eigenvalue weighted by atomic mass is 16.5. The van der Waals surface area contributed by atoms with Gasteiger partial charge in [-0.15, -0.1) is 0 Å². The first kappa shape index (κ1) is 13.1. The van der Waals surface area contributed by atoms with Gasteiger partial charge >= 0.3 is 6.01 Å². The largest absolute Gasteiger partial charge is 0.475 e. The van der Waals surface area contributed by atoms with E-state index in [0.717, 1.165) is 25.4 Å². The standard InChI is InChI=1S/C13H21N3O2/c1-10(2)18-12-4-7-15-13(16-12)17-8-5-11-3-6-14-9-11/h4,7,10-11,14H,3,5-6,8-9H2,1-2H3. The van der Waals surface area contributed by atoms with Crippen LogP contribution in [0, 0.1) is 5.92 Å². The monoisotopic (exact) mass is 251 g/mol. The first-order valence-corrected chi connectivity index (χ1v) is 6.57. The number of hydrogen-bond acceptors (Lipinski definition) is 5. The number of aromatic nitrogens is 2. The molecule has 1 saturated heterocycles. The zero-order valence-electron chi connectivity index (χ0n) is 11.1. The van der Waals surface area contributed by atoms with Crippen LogP contribution in [-0.2, 0) is 0 Å². The predicted molar refractivity (Wildman–Crippen MR) is 68.9 cm³/mol. The highest BCUT2D eigenvalue weighted by Crippen LogP contribution is 2.14. The fourth-order valence-corrected chi connectivity index (χ4v) is 1.98. The third-order valence-corrected chi connectivity index (χ3v) is 2.88. The first-order valence-electron chi connectivity index (χ1n) is 6.57. The molecule has 1 aliphatic heterocycles. The molecule has 1 unspecified atom stereocenters. The number of nitrogens with zero attached hydrogens (tertiary/aromatic N) is 2. The van der Waals surface area contributed by atoms with Crippen LogP contribution >= 0.6 is 0 Å². The summed E-state index contributed by atoms with van der Waals surface area (Å²) in [6.07, 6.45) is 4.06. The van der Waals surface area contributed by atoms with Crippen LogP contribution in [0.3, 0.4) is 0 Å². The molecule has 0 amide bonds. The summed E-state index contributed by atoms with van der Waals surface area (Å²) >= 11 is 0. The third-order valence-electron chi connectivity index (χ3n) is 2.88. The zero-order chi connectivity index (χ0) is 12.8. The normalized spacial score (nSPS) is 19.2. The summed E-state index contributed by atoms with van der Waals surface area (Å²) in [6, 6.07) is 2.15. The molecule has 2 heterocycles. The second kappa shape index (κ2) is 6.54. The molecule has 0 spiro atoms. The minimum atomic E-state index is 0.109. The topological polar surface area (TPSA) is 56.3 Å². The quantitative estimate of drug-likeness (QED) is 0.833. The van der Waals surface area contributed by atoms with Crippen LogP contribution in [0.4, 0.5) is 0 Å². The van der Waals surface area contributed by atoms with Crippen LogP contribution in [0.2, 0.25) is 0 Å². The SMILES string of the molecule is CC(C)Oc1ccnc(OCCC2CCNC2)n1. The summed E-state index contributed by atoms with van der Waals surface area (Å²) in [6.45, 7) is 6.82. The van der Waals surface area contributed by atoms with Gasteiger partial charge in [0.25, 0.3) is 0 Å². The van der Waals surface area contributed by atoms with Crippen molar-refractivity contribution in [1.82, 2.24) is 15.3 Å². The van der Waals surface area contributed by atoms with Crippen molar-refractivity contribution in [2.45, 2.75) is 32.8 Å². The fourth-order valence-electron chi connectivity index (χ4n) is 1.98. The Labute approximate surface area is 108 Å². The molecular weight excluding hydrogens is 230 g/mol. The summed E-state index contributed by atoms with van der Waals surface area (Å²) < 4.78 is 11.1. The van der Waals surface area contributed by atoms with Crippen LogP contribution in [0.1, 0.15) is 26.7 Å². The summed E-state index contributed by atoms with van der Waals surface area (Å²) in [5, 5.41) is 3.34. The van der Waals surface area contributed by atoms with Crippen LogP contribution < -0.4 is 14.8 Å². The minimum absolute atomic E-state index is 0.109. The Morgan fingerprint density at radius 3 is 3.11 bits per heavy atom. The molecular formula is C13H21N3O2. The lowest BCUT2D eigenvalue weighted by atomic mass is 10.1. The lowest BCUT2D eigenvalue weighted by Gasteiger charge is -2.11. The maximum Gasteiger partial charge on any atom is 0.319 e. The average molecular weight is 251 g/mol. The highest BCUT2D eigenvalue weighted by molar-refractivity contribution is 5.11. The lowest BCUT2D eigenvalue weighted by molar-refractivity contribution is 0.220. The van der Waals surface area contributed by atoms with E-state index >= 15 is 0 Å². The third kappa shape index (κ3) is 4.14. The molecule has 0 aromatic carbocycles. The fraction of sp³-hybridized carbons (Fsp3) is 0.692. The first-order chi connectivity index (χ1) is 8.74. The second-order valence-electron chi connectivity index (χ2n) is 4.84. The number of ether oxygens (including phenoxy) is 2. The summed E-state index contributed by atoms with van der Waals surface area (Å²) in [4.78, 5) is 8.29. The average Bonchev–Trinajstić information content (AvgIpc) is 2.82. The van der Waals surface area contributed by atoms with E-state index in [2.05, 4.69) is 15.3 Å². The Bertz CT molecular complexity index is 365. The van der Waals surface area contributed by atoms with Crippen LogP contribution in [0.5, 0.6) is 11.9 Å². The maximum absolute atomic E-state index is 5.56. The molecule has 1 aromatic rings. The van der Waals surface area contributed by atoms with Gasteiger partial charge in [0.1, 0.15) is 0 Å². The number of nitrogens with one attached hydrogen (secondary N) is 1. The molecule has 5 heteroatoms. The Balaban J connectivity index is 1.77. The van der Waals surface area contributed by atoms with Crippen molar-refractivity contribution in [2.75, 3.05) is 19.7 Å². The molecule has 1 fully saturated rings. The molecule has 0 bridgehead atoms. The van der Waals surface area contributed by atoms with Crippen molar-refractivity contribution in [3.8, 4) is 11.9 Å². The van der Waals surface area contributed by atoms with Gasteiger partial charge in [-0.3, -0.25) is 0 Å². The zero-order valence-corrected chi connectivity index (χ0v) is 11.1. The van der Waals surface area contributed by atoms with Crippen molar-refractivity contribution < 1.29 is 9.47 Å². The van der Waals surface area contributed by atoms with Gasteiger partial charge in [0.2, 0.25) is 5.88 Å². The van der Waals surface area contributed by atoms with Crippen molar-refractivity contribution in [2.24, 2.45) is 5.92 Å². The highest BCUT2D eigenvalue weighted by Gasteiger charge is 2.14. The van der Waals surface area contributed by atoms with Gasteiger partial charge < -0.3 is 14.8 Å². The predicted octanol–water partition coefficient (Wildman–Crippen LogP) is 1.64. The Morgan fingerprint density at radius 2 is 2.39 bits per heavy atom. The summed E-state index contributed by atoms with van der Waals surface area (Å²) in [7, 11) is 0. The molecule has 5 nitrogen and oxygen atoms in total. The van der Waals surface area contributed by atoms with E-state index < -0.39 is 0 Å². The Hall–Kier alpha value is -1.36. The van der Waals surface area contributed by atoms with E-state index in [1.807, 2.05) is 13.8 Å². The molecule has 18 heavy (non-hydrogen) atoms. The van der Waals surface area contributed by atoms with E-state index in [-0.39, 0.29) is 6.10 Å². The van der Waals surface area contributed by atoms with E-state index in [1.165, 1.54) is 6.42 Å². The molecule has 1 aromatic heterocycles. The number of rotatable bonds is 6. The minimum Gasteiger partial charge on any atom is -0.475 e. The van der Waals surface area contributed by atoms with Gasteiger partial charge in [-0.25, -0.2) is 4.98 Å². The molecule has 1 aliphatic rings. The van der Waals surface area contributed by atoms with Gasteiger partial charge in [-0.1, -0.05) is 0 Å². The summed E-state index contributed by atoms with van der Waals surface area (Å²) in [5.74, 6) is 1.29. The smallest absolute Gasteiger partial charge is 0.319 e. The molecule has 0 aliphatic carbocycles. The van der Waals surface area contributed by atoms with Crippen LogP contribution in [-0.4, -0.2) is 35.8 Å². The molecule has 1 N–H and O–H groups in total. The Morgan fingerprint density at radius 1 is 1.50 bits per heavy atom. The van der Waals surface area contributed by atoms with E-state index in [4.69, 9.17) is 9.47 Å². The Kier molecular flexibility index (Phi) is 4.75. The number of hydrogen-bond donors (Lipinski definition) is 1. The molecule has 2 rings (SSSR count). The van der Waals surface area contributed by atoms with Crippen molar-refractivity contribution >= 4 is 0 Å². The second-order valence-corrected chi connectivity index (χ2v) is 4.84. The van der Waals surface area contributed by atoms with Gasteiger partial charge in [0.05, 0.1) is 12.7 Å². The van der Waals surface area contributed by atoms with Crippen molar-refractivity contribution in [1.29, 1.82) is 0 Å². The van der Waals surface area contributed by atoms with Crippen LogP contribution in [0.25, 0.3) is 0 Å². The van der Waals surface area contributed by atoms with E-state index in [1.54, 1.807) is 12.3 Å². The molecule has 100 valence electrons. The van der Waals surface area contributed by atoms with Crippen molar-refractivity contribution in [3.63, 3.8) is 0 Å². The molecule has 1 atom stereocenters. The van der Waals surface area contributed by atoms with Gasteiger partial charge in [0, 0.05) is 12.3 Å². The van der Waals surface area contributed by atoms with Gasteiger partial charge in [0.15, 0.2) is 0 Å². The van der Waals surface area contributed by atoms with Gasteiger partial charge in [-0.05, 0) is 45.7 Å². The van der Waals surface area contributed by atoms with E-state index in [9.17, 15) is 0 Å². The van der Waals surface area contributed by atoms with Gasteiger partial charge in [-0.2, -0.15) is 4.98 Å². The van der Waals surface area contributed by atoms with E-state index in [0.29, 0.717) is 18.5 Å². The molecule has 0 radical (unpaired) electrons. The lowest BCUT2D eigenvalue weighted by Crippen LogP contribution is -2.12. The van der Waals surface area contributed by atoms with Crippen LogP contribution in [0.15, 0.2) is 12.3 Å². The van der Waals surface area contributed by atoms with Crippen molar-refractivity contribution in [3.05, 3.63) is 12.3 Å². The maximum atomic E-state index is 5.56. The summed E-state index contributed by atoms with van der Waals surface area (Å²) in [5.41, 5.74) is 0. The molecule has 0 saturated carbocycles.